The van der Waals surface area contributed by atoms with Crippen molar-refractivity contribution in [1.29, 1.82) is 0 Å². The molecule has 1 aliphatic rings. The van der Waals surface area contributed by atoms with E-state index in [0.29, 0.717) is 25.6 Å². The van der Waals surface area contributed by atoms with Crippen molar-refractivity contribution in [2.24, 2.45) is 0 Å². The number of nitrogens with zero attached hydrogens (tertiary/aromatic N) is 1. The van der Waals surface area contributed by atoms with E-state index >= 15 is 0 Å². The summed E-state index contributed by atoms with van der Waals surface area (Å²) in [4.78, 5) is 25.9. The second kappa shape index (κ2) is 11.7. The monoisotopic (exact) mass is 594 g/mol. The largest absolute Gasteiger partial charge is 0.416 e. The standard InChI is InChI=1S/C24H27Cl2F3N4O4S/c1-3-38(36,37)20-5-4-15(25)8-14(20)10-31-23(35)17-9-19(24(27,28)29)18(21(26)22(17)30)12-33-7-6-16(11-33)32-13(2)34/h4-5,8-9,16H,3,6-7,10-12,30H2,1-2H3,(H,31,35)(H,32,34). The fourth-order valence-corrected chi connectivity index (χ4v) is 5.90. The number of nitrogens with two attached hydrogens (primary N) is 1. The van der Waals surface area contributed by atoms with Crippen LogP contribution < -0.4 is 16.4 Å². The van der Waals surface area contributed by atoms with Gasteiger partial charge < -0.3 is 16.4 Å². The van der Waals surface area contributed by atoms with Gasteiger partial charge in [0.05, 0.1) is 32.5 Å². The van der Waals surface area contributed by atoms with Gasteiger partial charge in [-0.3, -0.25) is 14.5 Å². The molecule has 208 valence electrons. The number of rotatable bonds is 8. The van der Waals surface area contributed by atoms with Gasteiger partial charge in [-0.15, -0.1) is 0 Å². The second-order valence-electron chi connectivity index (χ2n) is 8.94. The summed E-state index contributed by atoms with van der Waals surface area (Å²) in [6.07, 6.45) is -4.28. The molecule has 8 nitrogen and oxygen atoms in total. The lowest BCUT2D eigenvalue weighted by Crippen LogP contribution is -2.35. The van der Waals surface area contributed by atoms with Crippen LogP contribution in [-0.2, 0) is 33.9 Å². The van der Waals surface area contributed by atoms with Gasteiger partial charge in [0.1, 0.15) is 0 Å². The average molecular weight is 595 g/mol. The van der Waals surface area contributed by atoms with Gasteiger partial charge in [0.25, 0.3) is 5.91 Å². The van der Waals surface area contributed by atoms with E-state index in [1.807, 2.05) is 0 Å². The van der Waals surface area contributed by atoms with Crippen LogP contribution >= 0.6 is 23.2 Å². The van der Waals surface area contributed by atoms with E-state index in [1.54, 1.807) is 4.90 Å². The molecule has 4 N–H and O–H groups in total. The van der Waals surface area contributed by atoms with Crippen LogP contribution in [0.15, 0.2) is 29.2 Å². The SMILES string of the molecule is CCS(=O)(=O)c1ccc(Cl)cc1CNC(=O)c1cc(C(F)(F)F)c(CN2CCC(NC(C)=O)C2)c(Cl)c1N. The Hall–Kier alpha value is -2.54. The first-order valence-corrected chi connectivity index (χ1v) is 14.0. The van der Waals surface area contributed by atoms with Crippen molar-refractivity contribution < 1.29 is 31.2 Å². The molecule has 1 saturated heterocycles. The maximum atomic E-state index is 14.1. The Labute approximate surface area is 228 Å². The van der Waals surface area contributed by atoms with E-state index in [4.69, 9.17) is 28.9 Å². The van der Waals surface area contributed by atoms with Crippen molar-refractivity contribution in [3.63, 3.8) is 0 Å². The minimum Gasteiger partial charge on any atom is -0.397 e. The minimum absolute atomic E-state index is 0.0507. The Balaban J connectivity index is 1.90. The van der Waals surface area contributed by atoms with E-state index in [0.717, 1.165) is 0 Å². The fraction of sp³-hybridized carbons (Fsp3) is 0.417. The zero-order chi connectivity index (χ0) is 28.4. The van der Waals surface area contributed by atoms with Gasteiger partial charge >= 0.3 is 6.18 Å². The average Bonchev–Trinajstić information content (AvgIpc) is 3.25. The lowest BCUT2D eigenvalue weighted by atomic mass is 10.00. The van der Waals surface area contributed by atoms with Crippen LogP contribution in [0.2, 0.25) is 10.0 Å². The maximum absolute atomic E-state index is 14.1. The number of carbonyl (C=O) groups is 2. The van der Waals surface area contributed by atoms with Gasteiger partial charge in [0, 0.05) is 44.2 Å². The van der Waals surface area contributed by atoms with Crippen LogP contribution in [0.5, 0.6) is 0 Å². The van der Waals surface area contributed by atoms with Gasteiger partial charge in [-0.2, -0.15) is 13.2 Å². The Morgan fingerprint density at radius 3 is 2.50 bits per heavy atom. The summed E-state index contributed by atoms with van der Waals surface area (Å²) in [5.41, 5.74) is 3.98. The third-order valence-corrected chi connectivity index (χ3v) is 8.69. The van der Waals surface area contributed by atoms with E-state index in [9.17, 15) is 31.2 Å². The lowest BCUT2D eigenvalue weighted by molar-refractivity contribution is -0.138. The van der Waals surface area contributed by atoms with Crippen molar-refractivity contribution in [2.75, 3.05) is 24.6 Å². The molecule has 3 rings (SSSR count). The van der Waals surface area contributed by atoms with Crippen LogP contribution in [0.1, 0.15) is 47.3 Å². The molecule has 1 fully saturated rings. The third kappa shape index (κ3) is 6.90. The highest BCUT2D eigenvalue weighted by Gasteiger charge is 2.38. The summed E-state index contributed by atoms with van der Waals surface area (Å²) in [5.74, 6) is -1.40. The van der Waals surface area contributed by atoms with Gasteiger partial charge in [-0.25, -0.2) is 8.42 Å². The van der Waals surface area contributed by atoms with E-state index in [-0.39, 0.29) is 57.5 Å². The number of hydrogen-bond acceptors (Lipinski definition) is 6. The highest BCUT2D eigenvalue weighted by Crippen LogP contribution is 2.40. The lowest BCUT2D eigenvalue weighted by Gasteiger charge is -2.23. The molecule has 1 unspecified atom stereocenters. The van der Waals surface area contributed by atoms with Gasteiger partial charge in [0.2, 0.25) is 5.91 Å². The van der Waals surface area contributed by atoms with E-state index < -0.39 is 38.1 Å². The normalized spacial score (nSPS) is 16.4. The van der Waals surface area contributed by atoms with Gasteiger partial charge in [0.15, 0.2) is 9.84 Å². The van der Waals surface area contributed by atoms with Crippen molar-refractivity contribution in [1.82, 2.24) is 15.5 Å². The molecular weight excluding hydrogens is 568 g/mol. The predicted molar refractivity (Wildman–Crippen MR) is 139 cm³/mol. The highest BCUT2D eigenvalue weighted by atomic mass is 35.5. The molecule has 0 saturated carbocycles. The molecule has 2 aromatic carbocycles. The van der Waals surface area contributed by atoms with Crippen LogP contribution in [0.25, 0.3) is 0 Å². The van der Waals surface area contributed by atoms with Crippen molar-refractivity contribution in [3.8, 4) is 0 Å². The third-order valence-electron chi connectivity index (χ3n) is 6.19. The molecule has 14 heteroatoms. The molecule has 0 spiro atoms. The van der Waals surface area contributed by atoms with Crippen LogP contribution in [0.4, 0.5) is 18.9 Å². The number of nitrogen functional groups attached to an aromatic ring is 1. The quantitative estimate of drug-likeness (QED) is 0.397. The number of likely N-dealkylation sites (tertiary alicyclic amines) is 1. The van der Waals surface area contributed by atoms with Crippen molar-refractivity contribution in [2.45, 2.75) is 50.5 Å². The zero-order valence-electron chi connectivity index (χ0n) is 20.6. The number of hydrogen-bond donors (Lipinski definition) is 3. The molecule has 2 amide bonds. The molecule has 0 radical (unpaired) electrons. The van der Waals surface area contributed by atoms with Crippen LogP contribution in [0.3, 0.4) is 0 Å². The topological polar surface area (TPSA) is 122 Å². The summed E-state index contributed by atoms with van der Waals surface area (Å²) < 4.78 is 67.0. The Bertz CT molecular complexity index is 1350. The summed E-state index contributed by atoms with van der Waals surface area (Å²) in [6, 6.07) is 4.50. The van der Waals surface area contributed by atoms with E-state index in [1.165, 1.54) is 32.0 Å². The summed E-state index contributed by atoms with van der Waals surface area (Å²) >= 11 is 12.3. The molecule has 1 heterocycles. The Kier molecular flexibility index (Phi) is 9.23. The number of amides is 2. The highest BCUT2D eigenvalue weighted by molar-refractivity contribution is 7.91. The smallest absolute Gasteiger partial charge is 0.397 e. The summed E-state index contributed by atoms with van der Waals surface area (Å²) in [6.45, 7) is 3.07. The first kappa shape index (κ1) is 30.0. The summed E-state index contributed by atoms with van der Waals surface area (Å²) in [5, 5.41) is 4.99. The molecule has 1 aliphatic heterocycles. The molecule has 38 heavy (non-hydrogen) atoms. The van der Waals surface area contributed by atoms with Crippen LogP contribution in [-0.4, -0.2) is 50.0 Å². The number of nitrogens with one attached hydrogen (secondary N) is 2. The molecule has 0 bridgehead atoms. The molecule has 2 aromatic rings. The fourth-order valence-electron chi connectivity index (χ4n) is 4.32. The van der Waals surface area contributed by atoms with Crippen molar-refractivity contribution >= 4 is 50.5 Å². The van der Waals surface area contributed by atoms with Crippen LogP contribution in [0, 0.1) is 0 Å². The molecule has 0 aliphatic carbocycles. The predicted octanol–water partition coefficient (Wildman–Crippen LogP) is 4.03. The first-order chi connectivity index (χ1) is 17.6. The zero-order valence-corrected chi connectivity index (χ0v) is 22.9. The first-order valence-electron chi connectivity index (χ1n) is 11.6. The maximum Gasteiger partial charge on any atom is 0.416 e. The molecule has 1 atom stereocenters. The summed E-state index contributed by atoms with van der Waals surface area (Å²) in [7, 11) is -3.66. The number of anilines is 1. The van der Waals surface area contributed by atoms with Gasteiger partial charge in [-0.05, 0) is 41.8 Å². The molecule has 0 aromatic heterocycles. The van der Waals surface area contributed by atoms with Gasteiger partial charge in [-0.1, -0.05) is 30.1 Å². The van der Waals surface area contributed by atoms with E-state index in [2.05, 4.69) is 10.6 Å². The number of carbonyl (C=O) groups excluding carboxylic acids is 2. The number of halogens is 5. The minimum atomic E-state index is -4.84. The Morgan fingerprint density at radius 1 is 1.21 bits per heavy atom. The number of sulfone groups is 1. The Morgan fingerprint density at radius 2 is 1.89 bits per heavy atom. The number of alkyl halides is 3. The molecular formula is C24H27Cl2F3N4O4S. The number of benzene rings is 2. The van der Waals surface area contributed by atoms with Crippen molar-refractivity contribution in [3.05, 3.63) is 56.6 Å². The second-order valence-corrected chi connectivity index (χ2v) is 12.0.